The summed E-state index contributed by atoms with van der Waals surface area (Å²) in [6.07, 6.45) is 3.68. The van der Waals surface area contributed by atoms with Crippen LogP contribution >= 0.6 is 0 Å². The Morgan fingerprint density at radius 2 is 1.76 bits per heavy atom. The number of benzene rings is 2. The number of carbonyl (C=O) groups excluding carboxylic acids is 1. The molecule has 4 rings (SSSR count). The zero-order valence-corrected chi connectivity index (χ0v) is 21.9. The van der Waals surface area contributed by atoms with Crippen molar-refractivity contribution < 1.29 is 22.4 Å². The summed E-state index contributed by atoms with van der Waals surface area (Å²) in [6, 6.07) is 9.00. The zero-order chi connectivity index (χ0) is 27.7. The first kappa shape index (κ1) is 27.5. The van der Waals surface area contributed by atoms with Crippen LogP contribution in [0.25, 0.3) is 17.0 Å². The fourth-order valence-corrected chi connectivity index (χ4v) is 4.59. The van der Waals surface area contributed by atoms with Crippen molar-refractivity contribution in [2.24, 2.45) is 4.99 Å². The summed E-state index contributed by atoms with van der Waals surface area (Å²) in [5.74, 6) is -6.14. The van der Waals surface area contributed by atoms with E-state index in [1.165, 1.54) is 23.7 Å². The van der Waals surface area contributed by atoms with Crippen LogP contribution in [0.4, 0.5) is 17.6 Å². The maximum absolute atomic E-state index is 14.3. The van der Waals surface area contributed by atoms with Crippen molar-refractivity contribution in [1.82, 2.24) is 20.0 Å². The monoisotopic (exact) mass is 529 g/mol. The number of hydrogen-bond donors (Lipinski definition) is 1. The van der Waals surface area contributed by atoms with Crippen molar-refractivity contribution in [3.8, 4) is 0 Å². The van der Waals surface area contributed by atoms with Crippen LogP contribution in [-0.4, -0.2) is 52.6 Å². The van der Waals surface area contributed by atoms with Gasteiger partial charge in [0.2, 0.25) is 5.91 Å². The smallest absolute Gasteiger partial charge is 0.270 e. The van der Waals surface area contributed by atoms with Gasteiger partial charge in [-0.1, -0.05) is 18.2 Å². The maximum atomic E-state index is 14.3. The molecule has 2 aromatic carbocycles. The maximum Gasteiger partial charge on any atom is 0.270 e. The molecule has 1 amide bonds. The second-order valence-corrected chi connectivity index (χ2v) is 9.81. The Labute approximate surface area is 219 Å². The molecule has 0 unspecified atom stereocenters. The molecule has 0 bridgehead atoms. The minimum absolute atomic E-state index is 0.00558. The summed E-state index contributed by atoms with van der Waals surface area (Å²) in [7, 11) is 0. The number of aliphatic imine (C=N–C) groups is 1. The average molecular weight is 530 g/mol. The van der Waals surface area contributed by atoms with Crippen LogP contribution in [0.5, 0.6) is 0 Å². The lowest BCUT2D eigenvalue weighted by atomic mass is 9.97. The van der Waals surface area contributed by atoms with Crippen molar-refractivity contribution in [3.05, 3.63) is 70.4 Å². The normalized spacial score (nSPS) is 15.8. The quantitative estimate of drug-likeness (QED) is 0.258. The molecule has 1 saturated heterocycles. The Bertz CT molecular complexity index is 1390. The lowest BCUT2D eigenvalue weighted by Gasteiger charge is -2.30. The van der Waals surface area contributed by atoms with Gasteiger partial charge in [-0.15, -0.1) is 0 Å². The summed E-state index contributed by atoms with van der Waals surface area (Å²) < 4.78 is 57.7. The van der Waals surface area contributed by atoms with Crippen LogP contribution in [-0.2, 0) is 23.2 Å². The number of nitrogens with one attached hydrogen (secondary N) is 1. The van der Waals surface area contributed by atoms with Gasteiger partial charge in [0.05, 0.1) is 12.1 Å². The molecule has 38 heavy (non-hydrogen) atoms. The highest BCUT2D eigenvalue weighted by Gasteiger charge is 2.32. The largest absolute Gasteiger partial charge is 0.354 e. The molecule has 3 aromatic rings. The highest BCUT2D eigenvalue weighted by Crippen LogP contribution is 2.35. The summed E-state index contributed by atoms with van der Waals surface area (Å²) in [4.78, 5) is 18.1. The van der Waals surface area contributed by atoms with E-state index in [-0.39, 0.29) is 18.0 Å². The molecule has 2 heterocycles. The van der Waals surface area contributed by atoms with E-state index in [9.17, 15) is 22.4 Å². The van der Waals surface area contributed by atoms with Crippen molar-refractivity contribution in [3.63, 3.8) is 0 Å². The molecule has 0 aliphatic carbocycles. The van der Waals surface area contributed by atoms with Crippen LogP contribution in [0.1, 0.15) is 49.9 Å². The Morgan fingerprint density at radius 1 is 1.05 bits per heavy atom. The van der Waals surface area contributed by atoms with Gasteiger partial charge in [0.15, 0.2) is 0 Å². The molecule has 0 spiro atoms. The van der Waals surface area contributed by atoms with Gasteiger partial charge in [0.25, 0.3) is 11.8 Å². The predicted octanol–water partition coefficient (Wildman–Crippen LogP) is 5.56. The fourth-order valence-electron chi connectivity index (χ4n) is 4.59. The van der Waals surface area contributed by atoms with Crippen molar-refractivity contribution in [2.75, 3.05) is 26.2 Å². The van der Waals surface area contributed by atoms with Crippen LogP contribution in [0.3, 0.4) is 0 Å². The van der Waals surface area contributed by atoms with Gasteiger partial charge < -0.3 is 10.2 Å². The van der Waals surface area contributed by atoms with Gasteiger partial charge in [0, 0.05) is 69.7 Å². The van der Waals surface area contributed by atoms with Crippen molar-refractivity contribution in [1.29, 1.82) is 0 Å². The molecule has 0 saturated carbocycles. The highest BCUT2D eigenvalue weighted by molar-refractivity contribution is 6.06. The van der Waals surface area contributed by atoms with Crippen LogP contribution in [0, 0.1) is 0 Å². The molecule has 0 atom stereocenters. The van der Waals surface area contributed by atoms with Crippen LogP contribution in [0.2, 0.25) is 0 Å². The topological polar surface area (TPSA) is 62.5 Å². The number of amidine groups is 1. The van der Waals surface area contributed by atoms with Gasteiger partial charge in [0.1, 0.15) is 5.84 Å². The number of carbonyl (C=O) groups is 1. The second-order valence-electron chi connectivity index (χ2n) is 9.81. The summed E-state index contributed by atoms with van der Waals surface area (Å²) in [6.45, 7) is 7.85. The molecule has 0 radical (unpaired) electrons. The molecular formula is C28H31F4N5O. The first-order valence-corrected chi connectivity index (χ1v) is 12.4. The van der Waals surface area contributed by atoms with E-state index in [2.05, 4.69) is 20.3 Å². The number of fused-ring (bicyclic) bond motifs is 1. The molecular weight excluding hydrogens is 498 g/mol. The first-order chi connectivity index (χ1) is 17.8. The lowest BCUT2D eigenvalue weighted by molar-refractivity contribution is -0.115. The van der Waals surface area contributed by atoms with Gasteiger partial charge >= 0.3 is 0 Å². The van der Waals surface area contributed by atoms with E-state index in [1.807, 2.05) is 31.2 Å². The molecule has 202 valence electrons. The number of hydrogen-bond acceptors (Lipinski definition) is 3. The molecule has 1 N–H and O–H groups in total. The molecule has 10 heteroatoms. The van der Waals surface area contributed by atoms with Gasteiger partial charge in [-0.05, 0) is 47.9 Å². The van der Waals surface area contributed by atoms with Gasteiger partial charge in [-0.25, -0.2) is 17.6 Å². The first-order valence-electron chi connectivity index (χ1n) is 12.4. The second kappa shape index (κ2) is 10.7. The molecule has 1 aliphatic heterocycles. The van der Waals surface area contributed by atoms with E-state index in [0.29, 0.717) is 25.2 Å². The summed E-state index contributed by atoms with van der Waals surface area (Å²) in [5, 5.41) is 8.57. The van der Waals surface area contributed by atoms with Gasteiger partial charge in [-0.3, -0.25) is 9.48 Å². The lowest BCUT2D eigenvalue weighted by Crippen LogP contribution is -2.47. The summed E-state index contributed by atoms with van der Waals surface area (Å²) >= 11 is 0. The number of aromatic nitrogens is 2. The van der Waals surface area contributed by atoms with E-state index >= 15 is 0 Å². The molecule has 1 aliphatic rings. The Morgan fingerprint density at radius 3 is 2.39 bits per heavy atom. The number of nitrogens with zero attached hydrogens (tertiary/aromatic N) is 4. The third kappa shape index (κ3) is 6.48. The number of halogens is 4. The predicted molar refractivity (Wildman–Crippen MR) is 141 cm³/mol. The van der Waals surface area contributed by atoms with Crippen LogP contribution in [0.15, 0.2) is 53.2 Å². The highest BCUT2D eigenvalue weighted by atomic mass is 19.3. The van der Waals surface area contributed by atoms with E-state index in [1.54, 1.807) is 6.20 Å². The van der Waals surface area contributed by atoms with Crippen molar-refractivity contribution in [2.45, 2.75) is 46.1 Å². The van der Waals surface area contributed by atoms with Crippen LogP contribution < -0.4 is 5.32 Å². The van der Waals surface area contributed by atoms with E-state index in [4.69, 9.17) is 0 Å². The molecule has 6 nitrogen and oxygen atoms in total. The van der Waals surface area contributed by atoms with E-state index < -0.39 is 23.0 Å². The Hall–Kier alpha value is -3.53. The molecule has 1 aromatic heterocycles. The molecule has 1 fully saturated rings. The van der Waals surface area contributed by atoms with E-state index in [0.717, 1.165) is 48.8 Å². The minimum Gasteiger partial charge on any atom is -0.354 e. The average Bonchev–Trinajstić information content (AvgIpc) is 3.23. The third-order valence-corrected chi connectivity index (χ3v) is 6.41. The minimum atomic E-state index is -3.29. The number of piperazine rings is 1. The SMILES string of the molecule is CC(=O)N=C(/C(C)=C/c1ccc2nn(Cc3ccc(C(C)(F)F)cc3C(C)(F)F)cc2c1)N1CCNCC1. The number of amides is 1. The zero-order valence-electron chi connectivity index (χ0n) is 21.9. The summed E-state index contributed by atoms with van der Waals surface area (Å²) in [5.41, 5.74) is 1.70. The number of rotatable bonds is 6. The fraction of sp³-hybridized carbons (Fsp3) is 0.393. The third-order valence-electron chi connectivity index (χ3n) is 6.41. The number of alkyl halides is 4. The standard InChI is InChI=1S/C28H31F4N5O/c1-18(26(34-19(2)38)36-11-9-33-10-12-36)13-20-5-8-25-22(14-20)17-37(35-25)16-21-6-7-23(27(3,29)30)15-24(21)28(4,31)32/h5-8,13-15,17,33H,9-12,16H2,1-4H3/b18-13+,34-26?. The Kier molecular flexibility index (Phi) is 7.73. The Balaban J connectivity index is 1.63. The van der Waals surface area contributed by atoms with Gasteiger partial charge in [-0.2, -0.15) is 10.1 Å². The van der Waals surface area contributed by atoms with Crippen molar-refractivity contribution >= 4 is 28.7 Å².